The van der Waals surface area contributed by atoms with E-state index < -0.39 is 22.2 Å². The number of aliphatic imine (C=N–C) groups is 1. The lowest BCUT2D eigenvalue weighted by Gasteiger charge is -2.05. The summed E-state index contributed by atoms with van der Waals surface area (Å²) < 4.78 is 18.5. The summed E-state index contributed by atoms with van der Waals surface area (Å²) >= 11 is 5.76. The van der Waals surface area contributed by atoms with E-state index in [2.05, 4.69) is 4.99 Å². The van der Waals surface area contributed by atoms with E-state index in [1.54, 1.807) is 12.1 Å². The van der Waals surface area contributed by atoms with Crippen LogP contribution in [0.2, 0.25) is 5.02 Å². The molecule has 0 radical (unpaired) electrons. The van der Waals surface area contributed by atoms with Gasteiger partial charge in [-0.3, -0.25) is 15.1 Å². The average molecular weight is 339 g/mol. The number of nitrogens with zero attached hydrogens (tertiary/aromatic N) is 2. The first-order valence-electron chi connectivity index (χ1n) is 6.53. The zero-order valence-corrected chi connectivity index (χ0v) is 12.5. The summed E-state index contributed by atoms with van der Waals surface area (Å²) in [6, 6.07) is 8.37. The number of hydrogen-bond donors (Lipinski definition) is 1. The van der Waals surface area contributed by atoms with Gasteiger partial charge < -0.3 is 9.84 Å². The Morgan fingerprint density at radius 2 is 2.13 bits per heavy atom. The molecule has 0 saturated carbocycles. The number of phenolic OH excluding ortho intramolecular Hbond substituents is 1. The third kappa shape index (κ3) is 4.40. The lowest BCUT2D eigenvalue weighted by Crippen LogP contribution is -2.02. The average Bonchev–Trinajstić information content (AvgIpc) is 2.51. The van der Waals surface area contributed by atoms with Gasteiger partial charge in [-0.15, -0.1) is 0 Å². The quantitative estimate of drug-likeness (QED) is 0.377. The monoisotopic (exact) mass is 338 g/mol. The summed E-state index contributed by atoms with van der Waals surface area (Å²) in [4.78, 5) is 14.0. The minimum Gasteiger partial charge on any atom is -0.502 e. The predicted molar refractivity (Wildman–Crippen MR) is 84.1 cm³/mol. The zero-order valence-electron chi connectivity index (χ0n) is 11.8. The first-order valence-corrected chi connectivity index (χ1v) is 6.91. The molecular formula is C15H12ClFN2O4. The summed E-state index contributed by atoms with van der Waals surface area (Å²) in [6.07, 6.45) is 1.25. The Morgan fingerprint density at radius 3 is 2.83 bits per heavy atom. The fourth-order valence-corrected chi connectivity index (χ4v) is 2.00. The van der Waals surface area contributed by atoms with Gasteiger partial charge in [0.2, 0.25) is 5.75 Å². The molecule has 0 bridgehead atoms. The molecule has 0 fully saturated rings. The van der Waals surface area contributed by atoms with Crippen LogP contribution in [0.1, 0.15) is 5.56 Å². The molecule has 1 N–H and O–H groups in total. The first kappa shape index (κ1) is 16.7. The Morgan fingerprint density at radius 1 is 1.39 bits per heavy atom. The second-order valence-corrected chi connectivity index (χ2v) is 4.87. The number of ether oxygens (including phenoxy) is 1. The smallest absolute Gasteiger partial charge is 0.312 e. The van der Waals surface area contributed by atoms with Gasteiger partial charge in [0, 0.05) is 22.9 Å². The van der Waals surface area contributed by atoms with Crippen molar-refractivity contribution in [1.82, 2.24) is 0 Å². The number of halogens is 2. The van der Waals surface area contributed by atoms with Crippen LogP contribution >= 0.6 is 11.6 Å². The van der Waals surface area contributed by atoms with Crippen molar-refractivity contribution in [2.75, 3.05) is 13.2 Å². The molecule has 2 rings (SSSR count). The Kier molecular flexibility index (Phi) is 5.48. The van der Waals surface area contributed by atoms with Crippen LogP contribution in [0.15, 0.2) is 41.4 Å². The van der Waals surface area contributed by atoms with Gasteiger partial charge in [-0.1, -0.05) is 23.7 Å². The van der Waals surface area contributed by atoms with Crippen molar-refractivity contribution in [2.45, 2.75) is 0 Å². The number of hydrogen-bond acceptors (Lipinski definition) is 5. The van der Waals surface area contributed by atoms with Crippen LogP contribution in [0.3, 0.4) is 0 Å². The second-order valence-electron chi connectivity index (χ2n) is 4.43. The summed E-state index contributed by atoms with van der Waals surface area (Å²) in [5.41, 5.74) is -0.378. The lowest BCUT2D eigenvalue weighted by atomic mass is 10.2. The molecule has 0 unspecified atom stereocenters. The molecule has 0 saturated heterocycles. The maximum absolute atomic E-state index is 13.3. The number of phenols is 1. The third-order valence-electron chi connectivity index (χ3n) is 2.83. The summed E-state index contributed by atoms with van der Waals surface area (Å²) in [5.74, 6) is -0.873. The van der Waals surface area contributed by atoms with Crippen molar-refractivity contribution < 1.29 is 19.2 Å². The molecule has 0 heterocycles. The number of aromatic hydroxyl groups is 1. The van der Waals surface area contributed by atoms with E-state index in [4.69, 9.17) is 16.3 Å². The van der Waals surface area contributed by atoms with Crippen molar-refractivity contribution in [3.63, 3.8) is 0 Å². The molecular weight excluding hydrogens is 327 g/mol. The van der Waals surface area contributed by atoms with Gasteiger partial charge in [0.05, 0.1) is 11.5 Å². The molecule has 0 aliphatic heterocycles. The molecule has 0 atom stereocenters. The SMILES string of the molecule is O=[N+]([O-])c1cc(Cl)cc(C=NCCOc2ccccc2F)c1O. The maximum atomic E-state index is 13.3. The van der Waals surface area contributed by atoms with Gasteiger partial charge in [-0.25, -0.2) is 4.39 Å². The van der Waals surface area contributed by atoms with Gasteiger partial charge in [0.15, 0.2) is 11.6 Å². The van der Waals surface area contributed by atoms with Crippen LogP contribution in [-0.2, 0) is 0 Å². The highest BCUT2D eigenvalue weighted by Crippen LogP contribution is 2.32. The van der Waals surface area contributed by atoms with Crippen LogP contribution in [0.4, 0.5) is 10.1 Å². The van der Waals surface area contributed by atoms with Crippen LogP contribution in [0, 0.1) is 15.9 Å². The van der Waals surface area contributed by atoms with E-state index in [1.165, 1.54) is 24.4 Å². The Labute approximate surface area is 136 Å². The molecule has 6 nitrogen and oxygen atoms in total. The van der Waals surface area contributed by atoms with Crippen molar-refractivity contribution >= 4 is 23.5 Å². The normalized spacial score (nSPS) is 10.9. The molecule has 23 heavy (non-hydrogen) atoms. The Hall–Kier alpha value is -2.67. The predicted octanol–water partition coefficient (Wildman–Crippen LogP) is 3.59. The molecule has 2 aromatic rings. The number of para-hydroxylation sites is 1. The van der Waals surface area contributed by atoms with E-state index >= 15 is 0 Å². The van der Waals surface area contributed by atoms with Crippen LogP contribution in [0.25, 0.3) is 0 Å². The standard InChI is InChI=1S/C15H12ClFN2O4/c16-11-7-10(15(20)13(8-11)19(21)22)9-18-5-6-23-14-4-2-1-3-12(14)17/h1-4,7-9,20H,5-6H2. The van der Waals surface area contributed by atoms with E-state index in [1.807, 2.05) is 0 Å². The van der Waals surface area contributed by atoms with Gasteiger partial charge >= 0.3 is 5.69 Å². The second kappa shape index (κ2) is 7.55. The Balaban J connectivity index is 1.99. The minimum atomic E-state index is -0.736. The molecule has 0 aliphatic carbocycles. The largest absolute Gasteiger partial charge is 0.502 e. The summed E-state index contributed by atoms with van der Waals surface area (Å²) in [7, 11) is 0. The highest BCUT2D eigenvalue weighted by Gasteiger charge is 2.17. The molecule has 0 aliphatic rings. The lowest BCUT2D eigenvalue weighted by molar-refractivity contribution is -0.385. The summed E-state index contributed by atoms with van der Waals surface area (Å²) in [5, 5.41) is 20.7. The minimum absolute atomic E-state index is 0.110. The maximum Gasteiger partial charge on any atom is 0.312 e. The van der Waals surface area contributed by atoms with Gasteiger partial charge in [-0.2, -0.15) is 0 Å². The number of nitro groups is 1. The van der Waals surface area contributed by atoms with E-state index in [-0.39, 0.29) is 29.5 Å². The number of benzene rings is 2. The van der Waals surface area contributed by atoms with Gasteiger partial charge in [0.25, 0.3) is 0 Å². The fraction of sp³-hybridized carbons (Fsp3) is 0.133. The molecule has 120 valence electrons. The van der Waals surface area contributed by atoms with E-state index in [0.29, 0.717) is 0 Å². The van der Waals surface area contributed by atoms with Crippen molar-refractivity contribution in [3.05, 3.63) is 62.9 Å². The van der Waals surface area contributed by atoms with E-state index in [9.17, 15) is 19.6 Å². The van der Waals surface area contributed by atoms with Crippen molar-refractivity contribution in [3.8, 4) is 11.5 Å². The van der Waals surface area contributed by atoms with Crippen LogP contribution in [-0.4, -0.2) is 29.4 Å². The van der Waals surface area contributed by atoms with Crippen molar-refractivity contribution in [2.24, 2.45) is 4.99 Å². The van der Waals surface area contributed by atoms with Crippen LogP contribution < -0.4 is 4.74 Å². The van der Waals surface area contributed by atoms with Gasteiger partial charge in [0.1, 0.15) is 6.61 Å². The highest BCUT2D eigenvalue weighted by atomic mass is 35.5. The van der Waals surface area contributed by atoms with Crippen LogP contribution in [0.5, 0.6) is 11.5 Å². The summed E-state index contributed by atoms with van der Waals surface area (Å²) in [6.45, 7) is 0.287. The fourth-order valence-electron chi connectivity index (χ4n) is 1.78. The topological polar surface area (TPSA) is 85.0 Å². The molecule has 2 aromatic carbocycles. The number of nitro benzene ring substituents is 1. The van der Waals surface area contributed by atoms with Gasteiger partial charge in [-0.05, 0) is 18.2 Å². The molecule has 0 spiro atoms. The molecule has 0 aromatic heterocycles. The van der Waals surface area contributed by atoms with E-state index in [0.717, 1.165) is 6.07 Å². The number of rotatable bonds is 6. The third-order valence-corrected chi connectivity index (χ3v) is 3.04. The van der Waals surface area contributed by atoms with Crippen molar-refractivity contribution in [1.29, 1.82) is 0 Å². The highest BCUT2D eigenvalue weighted by molar-refractivity contribution is 6.31. The zero-order chi connectivity index (χ0) is 16.8. The first-order chi connectivity index (χ1) is 11.0. The molecule has 8 heteroatoms. The molecule has 0 amide bonds. The Bertz CT molecular complexity index is 752.